The van der Waals surface area contributed by atoms with Crippen molar-refractivity contribution >= 4 is 6.15 Å². The van der Waals surface area contributed by atoms with Gasteiger partial charge in [0.25, 0.3) is 0 Å². The molecular weight excluding hydrogens is 148 g/mol. The van der Waals surface area contributed by atoms with Crippen molar-refractivity contribution in [1.82, 2.24) is 0 Å². The molecule has 11 heavy (non-hydrogen) atoms. The van der Waals surface area contributed by atoms with E-state index in [0.717, 1.165) is 13.2 Å². The average Bonchev–Trinajstić information content (AvgIpc) is 1.90. The molecule has 0 aliphatic heterocycles. The molecule has 0 unspecified atom stereocenters. The average molecular weight is 162 g/mol. The summed E-state index contributed by atoms with van der Waals surface area (Å²) < 4.78 is 9.75. The molecule has 66 valence electrons. The van der Waals surface area contributed by atoms with Gasteiger partial charge in [0.15, 0.2) is 0 Å². The Morgan fingerprint density at radius 2 is 1.45 bits per heavy atom. The second-order valence-electron chi connectivity index (χ2n) is 2.10. The molecule has 4 heteroatoms. The SMILES string of the molecule is COCC(C)COC.O=C=O. The zero-order valence-electron chi connectivity index (χ0n) is 7.12. The Morgan fingerprint density at radius 1 is 1.18 bits per heavy atom. The lowest BCUT2D eigenvalue weighted by Crippen LogP contribution is -2.09. The highest BCUT2D eigenvalue weighted by atomic mass is 16.5. The number of ether oxygens (including phenoxy) is 2. The second-order valence-corrected chi connectivity index (χ2v) is 2.10. The topological polar surface area (TPSA) is 52.6 Å². The maximum atomic E-state index is 8.12. The zero-order valence-corrected chi connectivity index (χ0v) is 7.12. The van der Waals surface area contributed by atoms with E-state index in [9.17, 15) is 0 Å². The van der Waals surface area contributed by atoms with Gasteiger partial charge in [-0.05, 0) is 0 Å². The minimum absolute atomic E-state index is 0.250. The molecule has 0 bridgehead atoms. The van der Waals surface area contributed by atoms with E-state index >= 15 is 0 Å². The number of hydrogen-bond acceptors (Lipinski definition) is 4. The lowest BCUT2D eigenvalue weighted by molar-refractivity contribution is -0.191. The van der Waals surface area contributed by atoms with E-state index in [1.807, 2.05) is 0 Å². The molecule has 0 aromatic carbocycles. The van der Waals surface area contributed by atoms with Gasteiger partial charge in [-0.2, -0.15) is 9.59 Å². The molecule has 0 aliphatic rings. The summed E-state index contributed by atoms with van der Waals surface area (Å²) in [6.07, 6.45) is 0.250. The molecule has 4 nitrogen and oxygen atoms in total. The lowest BCUT2D eigenvalue weighted by atomic mass is 10.2. The molecule has 0 aromatic heterocycles. The third kappa shape index (κ3) is 17.6. The first-order chi connectivity index (χ1) is 5.22. The Bertz CT molecular complexity index is 90.6. The number of carbonyl (C=O) groups excluding carboxylic acids is 2. The fourth-order valence-electron chi connectivity index (χ4n) is 0.617. The summed E-state index contributed by atoms with van der Waals surface area (Å²) in [7, 11) is 3.40. The van der Waals surface area contributed by atoms with Crippen molar-refractivity contribution in [3.05, 3.63) is 0 Å². The Labute approximate surface area is 66.5 Å². The fourth-order valence-corrected chi connectivity index (χ4v) is 0.617. The van der Waals surface area contributed by atoms with Gasteiger partial charge < -0.3 is 9.47 Å². The van der Waals surface area contributed by atoms with Crippen molar-refractivity contribution in [3.8, 4) is 0 Å². The van der Waals surface area contributed by atoms with E-state index in [1.165, 1.54) is 0 Å². The molecule has 0 aromatic rings. The van der Waals surface area contributed by atoms with Crippen molar-refractivity contribution in [2.75, 3.05) is 27.4 Å². The van der Waals surface area contributed by atoms with Crippen LogP contribution in [0, 0.1) is 5.92 Å². The zero-order chi connectivity index (χ0) is 9.11. The van der Waals surface area contributed by atoms with E-state index in [1.54, 1.807) is 14.2 Å². The Morgan fingerprint density at radius 3 is 1.64 bits per heavy atom. The fraction of sp³-hybridized carbons (Fsp3) is 0.857. The lowest BCUT2D eigenvalue weighted by Gasteiger charge is -2.06. The van der Waals surface area contributed by atoms with Crippen LogP contribution in [-0.4, -0.2) is 33.6 Å². The van der Waals surface area contributed by atoms with Crippen LogP contribution in [0.2, 0.25) is 0 Å². The molecule has 0 radical (unpaired) electrons. The van der Waals surface area contributed by atoms with E-state index in [-0.39, 0.29) is 6.15 Å². The number of hydrogen-bond donors (Lipinski definition) is 0. The highest BCUT2D eigenvalue weighted by molar-refractivity contribution is 5.20. The standard InChI is InChI=1S/C6H14O2.CO2/c1-6(4-7-2)5-8-3;2-1-3/h6H,4-5H2,1-3H3;. The Kier molecular flexibility index (Phi) is 14.1. The van der Waals surface area contributed by atoms with Crippen molar-refractivity contribution < 1.29 is 19.1 Å². The van der Waals surface area contributed by atoms with Crippen molar-refractivity contribution in [1.29, 1.82) is 0 Å². The molecule has 0 spiro atoms. The second kappa shape index (κ2) is 12.0. The molecule has 0 saturated heterocycles. The van der Waals surface area contributed by atoms with Gasteiger partial charge in [0.05, 0.1) is 13.2 Å². The molecular formula is C7H14O4. The third-order valence-electron chi connectivity index (χ3n) is 0.902. The molecule has 0 saturated carbocycles. The summed E-state index contributed by atoms with van der Waals surface area (Å²) in [5.41, 5.74) is 0. The normalized spacial score (nSPS) is 8.36. The highest BCUT2D eigenvalue weighted by Crippen LogP contribution is 1.93. The van der Waals surface area contributed by atoms with Gasteiger partial charge in [-0.25, -0.2) is 0 Å². The van der Waals surface area contributed by atoms with E-state index in [0.29, 0.717) is 5.92 Å². The number of rotatable bonds is 4. The molecule has 0 fully saturated rings. The summed E-state index contributed by atoms with van der Waals surface area (Å²) in [6, 6.07) is 0. The van der Waals surface area contributed by atoms with Gasteiger partial charge in [-0.1, -0.05) is 6.92 Å². The van der Waals surface area contributed by atoms with Gasteiger partial charge in [0, 0.05) is 20.1 Å². The molecule has 0 rings (SSSR count). The van der Waals surface area contributed by atoms with Gasteiger partial charge >= 0.3 is 6.15 Å². The first-order valence-electron chi connectivity index (χ1n) is 3.20. The van der Waals surface area contributed by atoms with Crippen LogP contribution in [0.1, 0.15) is 6.92 Å². The first-order valence-corrected chi connectivity index (χ1v) is 3.20. The minimum atomic E-state index is 0.250. The van der Waals surface area contributed by atoms with Gasteiger partial charge in [-0.3, -0.25) is 0 Å². The van der Waals surface area contributed by atoms with Crippen LogP contribution >= 0.6 is 0 Å². The Balaban J connectivity index is 0. The van der Waals surface area contributed by atoms with Crippen LogP contribution < -0.4 is 0 Å². The summed E-state index contributed by atoms with van der Waals surface area (Å²) in [5.74, 6) is 0.519. The monoisotopic (exact) mass is 162 g/mol. The minimum Gasteiger partial charge on any atom is -0.384 e. The summed E-state index contributed by atoms with van der Waals surface area (Å²) in [5, 5.41) is 0. The van der Waals surface area contributed by atoms with Crippen LogP contribution in [0.4, 0.5) is 0 Å². The van der Waals surface area contributed by atoms with E-state index < -0.39 is 0 Å². The quantitative estimate of drug-likeness (QED) is 0.597. The summed E-state index contributed by atoms with van der Waals surface area (Å²) in [4.78, 5) is 16.2. The first kappa shape index (κ1) is 12.9. The van der Waals surface area contributed by atoms with Crippen LogP contribution in [0.3, 0.4) is 0 Å². The highest BCUT2D eigenvalue weighted by Gasteiger charge is 1.97. The van der Waals surface area contributed by atoms with Crippen LogP contribution in [-0.2, 0) is 19.1 Å². The third-order valence-corrected chi connectivity index (χ3v) is 0.902. The van der Waals surface area contributed by atoms with Crippen molar-refractivity contribution in [3.63, 3.8) is 0 Å². The largest absolute Gasteiger partial charge is 0.384 e. The van der Waals surface area contributed by atoms with Gasteiger partial charge in [0.1, 0.15) is 0 Å². The van der Waals surface area contributed by atoms with Crippen LogP contribution in [0.15, 0.2) is 0 Å². The van der Waals surface area contributed by atoms with Gasteiger partial charge in [0.2, 0.25) is 0 Å². The van der Waals surface area contributed by atoms with Gasteiger partial charge in [-0.15, -0.1) is 0 Å². The molecule has 0 heterocycles. The van der Waals surface area contributed by atoms with E-state index in [4.69, 9.17) is 19.1 Å². The molecule has 0 amide bonds. The predicted octanol–water partition coefficient (Wildman–Crippen LogP) is 0.332. The van der Waals surface area contributed by atoms with Crippen LogP contribution in [0.25, 0.3) is 0 Å². The van der Waals surface area contributed by atoms with Crippen LogP contribution in [0.5, 0.6) is 0 Å². The van der Waals surface area contributed by atoms with E-state index in [2.05, 4.69) is 6.92 Å². The summed E-state index contributed by atoms with van der Waals surface area (Å²) >= 11 is 0. The smallest absolute Gasteiger partial charge is 0.373 e. The van der Waals surface area contributed by atoms with Crippen molar-refractivity contribution in [2.45, 2.75) is 6.92 Å². The maximum Gasteiger partial charge on any atom is 0.373 e. The van der Waals surface area contributed by atoms with Crippen molar-refractivity contribution in [2.24, 2.45) is 5.92 Å². The predicted molar refractivity (Wildman–Crippen MR) is 37.9 cm³/mol. The molecule has 0 aliphatic carbocycles. The molecule has 0 N–H and O–H groups in total. The number of methoxy groups -OCH3 is 2. The summed E-state index contributed by atoms with van der Waals surface area (Å²) in [6.45, 7) is 3.66. The Hall–Kier alpha value is -0.700. The maximum absolute atomic E-state index is 8.12. The molecule has 0 atom stereocenters.